The van der Waals surface area contributed by atoms with Crippen molar-refractivity contribution in [3.8, 4) is 0 Å². The van der Waals surface area contributed by atoms with Crippen molar-refractivity contribution in [2.75, 3.05) is 19.0 Å². The van der Waals surface area contributed by atoms with Crippen LogP contribution in [0.2, 0.25) is 0 Å². The van der Waals surface area contributed by atoms with Crippen molar-refractivity contribution in [2.45, 2.75) is 6.92 Å². The molecule has 5 heteroatoms. The van der Waals surface area contributed by atoms with Crippen LogP contribution in [0.1, 0.15) is 5.82 Å². The van der Waals surface area contributed by atoms with E-state index in [1.165, 1.54) is 0 Å². The molecule has 1 rings (SSSR count). The Morgan fingerprint density at radius 1 is 1.36 bits per heavy atom. The molecule has 1 heterocycles. The third-order valence-electron chi connectivity index (χ3n) is 1.16. The summed E-state index contributed by atoms with van der Waals surface area (Å²) in [5.74, 6) is 1.01. The van der Waals surface area contributed by atoms with Crippen LogP contribution in [0.3, 0.4) is 0 Å². The second-order valence-corrected chi connectivity index (χ2v) is 2.43. The molecule has 0 saturated heterocycles. The summed E-state index contributed by atoms with van der Waals surface area (Å²) in [5.41, 5.74) is -0.360. The third kappa shape index (κ3) is 1.76. The van der Waals surface area contributed by atoms with Crippen LogP contribution in [-0.2, 0) is 0 Å². The molecule has 60 valence electrons. The van der Waals surface area contributed by atoms with Crippen molar-refractivity contribution in [2.24, 2.45) is 0 Å². The fourth-order valence-corrected chi connectivity index (χ4v) is 0.676. The molecule has 0 unspecified atom stereocenters. The number of aromatic nitrogens is 3. The van der Waals surface area contributed by atoms with E-state index >= 15 is 0 Å². The van der Waals surface area contributed by atoms with Gasteiger partial charge >= 0.3 is 5.69 Å². The number of aryl methyl sites for hydroxylation is 1. The molecular weight excluding hydrogens is 144 g/mol. The lowest BCUT2D eigenvalue weighted by Crippen LogP contribution is -2.21. The third-order valence-corrected chi connectivity index (χ3v) is 1.16. The van der Waals surface area contributed by atoms with Crippen LogP contribution in [0.15, 0.2) is 4.79 Å². The van der Waals surface area contributed by atoms with Gasteiger partial charge in [0.25, 0.3) is 0 Å². The molecule has 1 aromatic rings. The van der Waals surface area contributed by atoms with Crippen LogP contribution in [0, 0.1) is 6.92 Å². The molecule has 0 aliphatic rings. The summed E-state index contributed by atoms with van der Waals surface area (Å²) < 4.78 is 0. The number of nitrogens with one attached hydrogen (secondary N) is 1. The van der Waals surface area contributed by atoms with Crippen molar-refractivity contribution in [1.29, 1.82) is 0 Å². The van der Waals surface area contributed by atoms with Crippen LogP contribution in [-0.4, -0.2) is 29.0 Å². The number of aromatic amines is 1. The molecule has 0 radical (unpaired) electrons. The lowest BCUT2D eigenvalue weighted by Gasteiger charge is -2.08. The predicted molar refractivity (Wildman–Crippen MR) is 41.7 cm³/mol. The monoisotopic (exact) mass is 154 g/mol. The zero-order chi connectivity index (χ0) is 8.43. The van der Waals surface area contributed by atoms with E-state index < -0.39 is 0 Å². The first-order valence-corrected chi connectivity index (χ1v) is 3.22. The van der Waals surface area contributed by atoms with Crippen molar-refractivity contribution in [1.82, 2.24) is 15.0 Å². The smallest absolute Gasteiger partial charge is 0.347 e. The van der Waals surface area contributed by atoms with Crippen molar-refractivity contribution >= 4 is 5.95 Å². The van der Waals surface area contributed by atoms with Gasteiger partial charge in [-0.15, -0.1) is 0 Å². The van der Waals surface area contributed by atoms with Gasteiger partial charge in [0.15, 0.2) is 0 Å². The molecule has 0 aliphatic heterocycles. The second-order valence-electron chi connectivity index (χ2n) is 2.43. The van der Waals surface area contributed by atoms with Gasteiger partial charge in [0.1, 0.15) is 5.82 Å². The summed E-state index contributed by atoms with van der Waals surface area (Å²) in [6, 6.07) is 0. The summed E-state index contributed by atoms with van der Waals surface area (Å²) in [7, 11) is 3.57. The van der Waals surface area contributed by atoms with Crippen LogP contribution in [0.4, 0.5) is 5.95 Å². The number of anilines is 1. The lowest BCUT2D eigenvalue weighted by molar-refractivity contribution is 0.883. The van der Waals surface area contributed by atoms with Gasteiger partial charge in [-0.05, 0) is 6.92 Å². The van der Waals surface area contributed by atoms with E-state index in [1.54, 1.807) is 25.9 Å². The van der Waals surface area contributed by atoms with Crippen LogP contribution >= 0.6 is 0 Å². The van der Waals surface area contributed by atoms with Crippen molar-refractivity contribution in [3.63, 3.8) is 0 Å². The van der Waals surface area contributed by atoms with Crippen LogP contribution in [0.5, 0.6) is 0 Å². The van der Waals surface area contributed by atoms with E-state index in [1.807, 2.05) is 0 Å². The Balaban J connectivity index is 3.19. The molecule has 0 fully saturated rings. The topological polar surface area (TPSA) is 61.9 Å². The maximum atomic E-state index is 10.8. The highest BCUT2D eigenvalue weighted by atomic mass is 16.1. The Labute approximate surface area is 64.1 Å². The van der Waals surface area contributed by atoms with E-state index in [9.17, 15) is 4.79 Å². The van der Waals surface area contributed by atoms with Gasteiger partial charge in [-0.3, -0.25) is 4.98 Å². The number of hydrogen-bond acceptors (Lipinski definition) is 4. The molecule has 0 aliphatic carbocycles. The first kappa shape index (κ1) is 7.71. The van der Waals surface area contributed by atoms with E-state index in [0.29, 0.717) is 11.8 Å². The van der Waals surface area contributed by atoms with Crippen molar-refractivity contribution in [3.05, 3.63) is 16.3 Å². The zero-order valence-electron chi connectivity index (χ0n) is 6.75. The highest BCUT2D eigenvalue weighted by Gasteiger charge is 1.99. The first-order chi connectivity index (χ1) is 5.09. The largest absolute Gasteiger partial charge is 0.349 e. The average Bonchev–Trinajstić information content (AvgIpc) is 1.85. The minimum Gasteiger partial charge on any atom is -0.347 e. The zero-order valence-corrected chi connectivity index (χ0v) is 6.75. The first-order valence-electron chi connectivity index (χ1n) is 3.22. The Morgan fingerprint density at radius 2 is 2.00 bits per heavy atom. The number of H-pyrrole nitrogens is 1. The Bertz CT molecular complexity index is 304. The molecule has 0 aromatic carbocycles. The van der Waals surface area contributed by atoms with Gasteiger partial charge in [0.2, 0.25) is 5.95 Å². The highest BCUT2D eigenvalue weighted by molar-refractivity contribution is 5.24. The molecule has 0 spiro atoms. The van der Waals surface area contributed by atoms with Crippen LogP contribution in [0.25, 0.3) is 0 Å². The van der Waals surface area contributed by atoms with E-state index in [-0.39, 0.29) is 5.69 Å². The van der Waals surface area contributed by atoms with E-state index in [2.05, 4.69) is 15.0 Å². The second kappa shape index (κ2) is 2.69. The molecule has 1 aromatic heterocycles. The van der Waals surface area contributed by atoms with E-state index in [0.717, 1.165) is 0 Å². The molecule has 5 nitrogen and oxygen atoms in total. The predicted octanol–water partition coefficient (Wildman–Crippen LogP) is -0.461. The highest BCUT2D eigenvalue weighted by Crippen LogP contribution is 1.96. The molecule has 11 heavy (non-hydrogen) atoms. The minimum absolute atomic E-state index is 0.360. The van der Waals surface area contributed by atoms with E-state index in [4.69, 9.17) is 0 Å². The maximum absolute atomic E-state index is 10.8. The molecule has 0 amide bonds. The minimum atomic E-state index is -0.360. The van der Waals surface area contributed by atoms with Crippen LogP contribution < -0.4 is 10.6 Å². The van der Waals surface area contributed by atoms with Crippen molar-refractivity contribution < 1.29 is 0 Å². The number of rotatable bonds is 1. The summed E-state index contributed by atoms with van der Waals surface area (Å²) in [4.78, 5) is 22.6. The summed E-state index contributed by atoms with van der Waals surface area (Å²) in [6.45, 7) is 1.72. The number of hydrogen-bond donors (Lipinski definition) is 1. The van der Waals surface area contributed by atoms with Gasteiger partial charge in [-0.25, -0.2) is 4.79 Å². The van der Waals surface area contributed by atoms with Gasteiger partial charge in [0, 0.05) is 14.1 Å². The molecule has 0 bridgehead atoms. The molecular formula is C6H10N4O. The quantitative estimate of drug-likeness (QED) is 0.594. The van der Waals surface area contributed by atoms with Gasteiger partial charge in [0.05, 0.1) is 0 Å². The summed E-state index contributed by atoms with van der Waals surface area (Å²) >= 11 is 0. The standard InChI is InChI=1S/C6H10N4O/c1-4-7-5(10(2)3)9-6(11)8-4/h1-3H3,(H,7,8,9,11). The average molecular weight is 154 g/mol. The lowest BCUT2D eigenvalue weighted by atomic mass is 10.7. The Kier molecular flexibility index (Phi) is 1.89. The number of nitrogens with zero attached hydrogens (tertiary/aromatic N) is 3. The SMILES string of the molecule is Cc1nc(N(C)C)nc(=O)[nH]1. The summed E-state index contributed by atoms with van der Waals surface area (Å²) in [6.07, 6.45) is 0. The Hall–Kier alpha value is -1.39. The molecule has 0 saturated carbocycles. The molecule has 1 N–H and O–H groups in total. The normalized spacial score (nSPS) is 9.73. The fourth-order valence-electron chi connectivity index (χ4n) is 0.676. The van der Waals surface area contributed by atoms with Gasteiger partial charge < -0.3 is 4.90 Å². The fraction of sp³-hybridized carbons (Fsp3) is 0.500. The van der Waals surface area contributed by atoms with Gasteiger partial charge in [-0.2, -0.15) is 9.97 Å². The van der Waals surface area contributed by atoms with Gasteiger partial charge in [-0.1, -0.05) is 0 Å². The Morgan fingerprint density at radius 3 is 2.45 bits per heavy atom. The maximum Gasteiger partial charge on any atom is 0.349 e. The summed E-state index contributed by atoms with van der Waals surface area (Å²) in [5, 5.41) is 0. The molecule has 0 atom stereocenters.